The molecule has 0 radical (unpaired) electrons. The van der Waals surface area contributed by atoms with E-state index < -0.39 is 5.97 Å². The minimum Gasteiger partial charge on any atom is -0.513 e. The van der Waals surface area contributed by atoms with Gasteiger partial charge in [-0.05, 0) is 35.4 Å². The van der Waals surface area contributed by atoms with Gasteiger partial charge >= 0.3 is 5.97 Å². The molecule has 2 N–H and O–H groups in total. The molecule has 0 fully saturated rings. The summed E-state index contributed by atoms with van der Waals surface area (Å²) in [7, 11) is 0. The maximum atomic E-state index is 10.6. The molecule has 0 heterocycles. The van der Waals surface area contributed by atoms with Crippen molar-refractivity contribution in [2.45, 2.75) is 12.8 Å². The molecule has 0 bridgehead atoms. The van der Waals surface area contributed by atoms with E-state index in [1.165, 1.54) is 0 Å². The Kier molecular flexibility index (Phi) is 5.03. The zero-order valence-corrected chi connectivity index (χ0v) is 11.9. The second-order valence-corrected chi connectivity index (χ2v) is 4.85. The molecule has 0 aliphatic heterocycles. The molecule has 0 amide bonds. The average molecular weight is 296 g/mol. The molecule has 5 nitrogen and oxygen atoms in total. The van der Waals surface area contributed by atoms with E-state index in [2.05, 4.69) is 16.8 Å². The smallest absolute Gasteiger partial charge is 0.307 e. The van der Waals surface area contributed by atoms with Gasteiger partial charge in [-0.2, -0.15) is 10.2 Å². The lowest BCUT2D eigenvalue weighted by atomic mass is 10.1. The lowest BCUT2D eigenvalue weighted by Gasteiger charge is -2.00. The molecule has 0 aliphatic carbocycles. The van der Waals surface area contributed by atoms with Crippen molar-refractivity contribution < 1.29 is 15.0 Å². The van der Waals surface area contributed by atoms with Crippen LogP contribution >= 0.6 is 0 Å². The SMILES string of the molecule is C=C(O)Cc1ccc(N=Nc2ccc(CC(=O)O)cc2)cc1. The average Bonchev–Trinajstić information content (AvgIpc) is 2.47. The van der Waals surface area contributed by atoms with Gasteiger partial charge in [0.2, 0.25) is 0 Å². The monoisotopic (exact) mass is 296 g/mol. The molecular weight excluding hydrogens is 280 g/mol. The first-order valence-corrected chi connectivity index (χ1v) is 6.71. The van der Waals surface area contributed by atoms with Crippen molar-refractivity contribution in [2.75, 3.05) is 0 Å². The number of hydrogen-bond acceptors (Lipinski definition) is 4. The fraction of sp³-hybridized carbons (Fsp3) is 0.118. The van der Waals surface area contributed by atoms with Crippen LogP contribution in [-0.4, -0.2) is 16.2 Å². The number of rotatable bonds is 6. The Bertz CT molecular complexity index is 627. The Balaban J connectivity index is 2.01. The fourth-order valence-corrected chi connectivity index (χ4v) is 1.89. The Labute approximate surface area is 128 Å². The van der Waals surface area contributed by atoms with Gasteiger partial charge in [-0.15, -0.1) is 0 Å². The highest BCUT2D eigenvalue weighted by Gasteiger charge is 2.00. The van der Waals surface area contributed by atoms with Crippen LogP contribution in [0.2, 0.25) is 0 Å². The molecule has 2 rings (SSSR count). The molecule has 0 spiro atoms. The standard InChI is InChI=1S/C17H16N2O3/c1-12(20)10-13-2-6-15(7-3-13)18-19-16-8-4-14(5-9-16)11-17(21)22/h2-9,20H,1,10-11H2,(H,21,22). The van der Waals surface area contributed by atoms with Gasteiger partial charge in [0.15, 0.2) is 0 Å². The van der Waals surface area contributed by atoms with Crippen molar-refractivity contribution in [3.8, 4) is 0 Å². The number of nitrogens with zero attached hydrogens (tertiary/aromatic N) is 2. The summed E-state index contributed by atoms with van der Waals surface area (Å²) >= 11 is 0. The van der Waals surface area contributed by atoms with Crippen LogP contribution in [0.5, 0.6) is 0 Å². The van der Waals surface area contributed by atoms with E-state index in [0.29, 0.717) is 17.8 Å². The van der Waals surface area contributed by atoms with Crippen LogP contribution in [0.15, 0.2) is 71.1 Å². The Hall–Kier alpha value is -2.95. The first-order chi connectivity index (χ1) is 10.5. The van der Waals surface area contributed by atoms with Crippen molar-refractivity contribution in [3.63, 3.8) is 0 Å². The summed E-state index contributed by atoms with van der Waals surface area (Å²) in [6, 6.07) is 14.2. The van der Waals surface area contributed by atoms with Crippen molar-refractivity contribution in [2.24, 2.45) is 10.2 Å². The van der Waals surface area contributed by atoms with E-state index in [9.17, 15) is 4.79 Å². The summed E-state index contributed by atoms with van der Waals surface area (Å²) in [5.74, 6) is -0.740. The van der Waals surface area contributed by atoms with Crippen LogP contribution in [0.3, 0.4) is 0 Å². The predicted molar refractivity (Wildman–Crippen MR) is 83.9 cm³/mol. The Morgan fingerprint density at radius 3 is 1.59 bits per heavy atom. The molecule has 0 unspecified atom stereocenters. The summed E-state index contributed by atoms with van der Waals surface area (Å²) in [5, 5.41) is 26.0. The lowest BCUT2D eigenvalue weighted by Crippen LogP contribution is -1.98. The number of hydrogen-bond donors (Lipinski definition) is 2. The van der Waals surface area contributed by atoms with Crippen molar-refractivity contribution in [1.82, 2.24) is 0 Å². The van der Waals surface area contributed by atoms with E-state index in [-0.39, 0.29) is 12.2 Å². The van der Waals surface area contributed by atoms with E-state index in [1.54, 1.807) is 36.4 Å². The molecule has 2 aromatic rings. The van der Waals surface area contributed by atoms with Gasteiger partial charge in [0.25, 0.3) is 0 Å². The van der Waals surface area contributed by atoms with Gasteiger partial charge in [0.05, 0.1) is 23.6 Å². The minimum atomic E-state index is -0.861. The number of aliphatic carboxylic acids is 1. The highest BCUT2D eigenvalue weighted by Crippen LogP contribution is 2.20. The van der Waals surface area contributed by atoms with E-state index >= 15 is 0 Å². The van der Waals surface area contributed by atoms with Crippen LogP contribution in [0, 0.1) is 0 Å². The van der Waals surface area contributed by atoms with Crippen LogP contribution in [0.25, 0.3) is 0 Å². The van der Waals surface area contributed by atoms with Gasteiger partial charge in [0.1, 0.15) is 0 Å². The van der Waals surface area contributed by atoms with Crippen LogP contribution in [0.4, 0.5) is 11.4 Å². The summed E-state index contributed by atoms with van der Waals surface area (Å²) in [5.41, 5.74) is 3.02. The van der Waals surface area contributed by atoms with Gasteiger partial charge in [-0.1, -0.05) is 30.8 Å². The van der Waals surface area contributed by atoms with Crippen LogP contribution in [-0.2, 0) is 17.6 Å². The van der Waals surface area contributed by atoms with Crippen molar-refractivity contribution >= 4 is 17.3 Å². The molecule has 0 saturated carbocycles. The minimum absolute atomic E-state index is 0.00493. The quantitative estimate of drug-likeness (QED) is 0.614. The fourth-order valence-electron chi connectivity index (χ4n) is 1.89. The van der Waals surface area contributed by atoms with Gasteiger partial charge < -0.3 is 10.2 Å². The highest BCUT2D eigenvalue weighted by atomic mass is 16.4. The van der Waals surface area contributed by atoms with Gasteiger partial charge in [-0.25, -0.2) is 0 Å². The number of allylic oxidation sites excluding steroid dienone is 1. The summed E-state index contributed by atoms with van der Waals surface area (Å²) in [4.78, 5) is 10.6. The largest absolute Gasteiger partial charge is 0.513 e. The van der Waals surface area contributed by atoms with Gasteiger partial charge in [-0.3, -0.25) is 4.79 Å². The maximum absolute atomic E-state index is 10.6. The summed E-state index contributed by atoms with van der Waals surface area (Å²) in [6.45, 7) is 3.45. The zero-order valence-electron chi connectivity index (χ0n) is 11.9. The molecule has 112 valence electrons. The third kappa shape index (κ3) is 4.86. The Morgan fingerprint density at radius 2 is 1.23 bits per heavy atom. The summed E-state index contributed by atoms with van der Waals surface area (Å²) in [6.07, 6.45) is 0.414. The number of benzene rings is 2. The highest BCUT2D eigenvalue weighted by molar-refractivity contribution is 5.70. The molecule has 22 heavy (non-hydrogen) atoms. The molecule has 0 aliphatic rings. The van der Waals surface area contributed by atoms with E-state index in [4.69, 9.17) is 10.2 Å². The molecule has 5 heteroatoms. The number of azo groups is 1. The van der Waals surface area contributed by atoms with Crippen molar-refractivity contribution in [3.05, 3.63) is 72.0 Å². The number of aliphatic hydroxyl groups excluding tert-OH is 1. The predicted octanol–water partition coefficient (Wildman–Crippen LogP) is 4.34. The van der Waals surface area contributed by atoms with Crippen LogP contribution < -0.4 is 0 Å². The molecule has 0 saturated heterocycles. The van der Waals surface area contributed by atoms with E-state index in [1.807, 2.05) is 12.1 Å². The second-order valence-electron chi connectivity index (χ2n) is 4.85. The lowest BCUT2D eigenvalue weighted by molar-refractivity contribution is -0.136. The molecular formula is C17H16N2O3. The van der Waals surface area contributed by atoms with Gasteiger partial charge in [0, 0.05) is 6.42 Å². The third-order valence-electron chi connectivity index (χ3n) is 2.92. The second kappa shape index (κ2) is 7.17. The summed E-state index contributed by atoms with van der Waals surface area (Å²) < 4.78 is 0. The van der Waals surface area contributed by atoms with Crippen molar-refractivity contribution in [1.29, 1.82) is 0 Å². The molecule has 0 aromatic heterocycles. The van der Waals surface area contributed by atoms with E-state index in [0.717, 1.165) is 11.1 Å². The third-order valence-corrected chi connectivity index (χ3v) is 2.92. The number of aliphatic hydroxyl groups is 1. The zero-order chi connectivity index (χ0) is 15.9. The normalized spacial score (nSPS) is 10.7. The first kappa shape index (κ1) is 15.4. The molecule has 0 atom stereocenters. The first-order valence-electron chi connectivity index (χ1n) is 6.71. The van der Waals surface area contributed by atoms with Crippen LogP contribution in [0.1, 0.15) is 11.1 Å². The molecule has 2 aromatic carbocycles. The number of carboxylic acid groups (broad SMARTS) is 1. The number of carboxylic acids is 1. The number of carbonyl (C=O) groups is 1. The maximum Gasteiger partial charge on any atom is 0.307 e. The topological polar surface area (TPSA) is 82.2 Å². The Morgan fingerprint density at radius 1 is 0.818 bits per heavy atom.